The molecule has 2 rings (SSSR count). The van der Waals surface area contributed by atoms with Gasteiger partial charge in [0.25, 0.3) is 0 Å². The maximum Gasteiger partial charge on any atom is 0.233 e. The molecule has 1 saturated carbocycles. The molecule has 0 aromatic heterocycles. The minimum absolute atomic E-state index is 0.0715. The van der Waals surface area contributed by atoms with Gasteiger partial charge in [0.2, 0.25) is 5.91 Å². The number of rotatable bonds is 5. The Kier molecular flexibility index (Phi) is 3.52. The van der Waals surface area contributed by atoms with E-state index in [1.165, 1.54) is 0 Å². The van der Waals surface area contributed by atoms with E-state index in [4.69, 9.17) is 22.7 Å². The lowest BCUT2D eigenvalue weighted by molar-refractivity contribution is -0.124. The normalized spacial score (nSPS) is 15.8. The number of nitrogens with one attached hydrogen (secondary N) is 1. The van der Waals surface area contributed by atoms with E-state index < -0.39 is 5.41 Å². The minimum atomic E-state index is -0.589. The standard InChI is InChI=1S/C13H16N2O2S/c1-17-10-4-2-3-9(7-10)8-15-12(16)13(5-6-13)11(14)18/h2-4,7H,5-6,8H2,1H3,(H2,14,18)(H,15,16). The second kappa shape index (κ2) is 4.94. The Labute approximate surface area is 112 Å². The summed E-state index contributed by atoms with van der Waals surface area (Å²) in [6.45, 7) is 0.459. The van der Waals surface area contributed by atoms with Crippen molar-refractivity contribution in [3.63, 3.8) is 0 Å². The molecule has 0 unspecified atom stereocenters. The van der Waals surface area contributed by atoms with Crippen molar-refractivity contribution in [2.24, 2.45) is 11.1 Å². The van der Waals surface area contributed by atoms with Crippen LogP contribution in [0.5, 0.6) is 5.75 Å². The van der Waals surface area contributed by atoms with Gasteiger partial charge in [-0.1, -0.05) is 24.4 Å². The molecule has 1 aromatic rings. The molecule has 5 heteroatoms. The van der Waals surface area contributed by atoms with Crippen LogP contribution in [0, 0.1) is 5.41 Å². The maximum absolute atomic E-state index is 12.0. The third-order valence-electron chi connectivity index (χ3n) is 3.24. The summed E-state index contributed by atoms with van der Waals surface area (Å²) < 4.78 is 5.13. The first-order valence-electron chi connectivity index (χ1n) is 5.79. The van der Waals surface area contributed by atoms with Crippen molar-refractivity contribution in [1.82, 2.24) is 5.32 Å². The lowest BCUT2D eigenvalue weighted by atomic mass is 10.1. The van der Waals surface area contributed by atoms with Gasteiger partial charge in [-0.25, -0.2) is 0 Å². The van der Waals surface area contributed by atoms with Gasteiger partial charge in [0.05, 0.1) is 17.5 Å². The Hall–Kier alpha value is -1.62. The molecule has 0 atom stereocenters. The molecule has 96 valence electrons. The summed E-state index contributed by atoms with van der Waals surface area (Å²) in [6.07, 6.45) is 1.51. The molecule has 1 amide bonds. The Bertz CT molecular complexity index is 484. The van der Waals surface area contributed by atoms with Crippen LogP contribution in [0.25, 0.3) is 0 Å². The lowest BCUT2D eigenvalue weighted by Gasteiger charge is -2.13. The van der Waals surface area contributed by atoms with Crippen molar-refractivity contribution in [2.75, 3.05) is 7.11 Å². The number of hydrogen-bond acceptors (Lipinski definition) is 3. The van der Waals surface area contributed by atoms with Gasteiger partial charge < -0.3 is 15.8 Å². The number of benzene rings is 1. The third-order valence-corrected chi connectivity index (χ3v) is 3.63. The fourth-order valence-corrected chi connectivity index (χ4v) is 2.14. The third kappa shape index (κ3) is 2.46. The molecule has 0 aliphatic heterocycles. The highest BCUT2D eigenvalue weighted by molar-refractivity contribution is 7.80. The van der Waals surface area contributed by atoms with Crippen molar-refractivity contribution in [3.05, 3.63) is 29.8 Å². The molecule has 0 bridgehead atoms. The molecule has 1 aromatic carbocycles. The molecule has 0 radical (unpaired) electrons. The van der Waals surface area contributed by atoms with Gasteiger partial charge in [-0.2, -0.15) is 0 Å². The Morgan fingerprint density at radius 1 is 1.56 bits per heavy atom. The number of amides is 1. The fraction of sp³-hybridized carbons (Fsp3) is 0.385. The van der Waals surface area contributed by atoms with Crippen LogP contribution in [0.4, 0.5) is 0 Å². The van der Waals surface area contributed by atoms with E-state index in [2.05, 4.69) is 5.32 Å². The molecule has 0 spiro atoms. The summed E-state index contributed by atoms with van der Waals surface area (Å²) in [7, 11) is 1.61. The van der Waals surface area contributed by atoms with Gasteiger partial charge in [-0.15, -0.1) is 0 Å². The first-order chi connectivity index (χ1) is 8.58. The van der Waals surface area contributed by atoms with Gasteiger partial charge in [0.15, 0.2) is 0 Å². The highest BCUT2D eigenvalue weighted by Crippen LogP contribution is 2.46. The van der Waals surface area contributed by atoms with E-state index in [9.17, 15) is 4.79 Å². The van der Waals surface area contributed by atoms with Gasteiger partial charge in [0.1, 0.15) is 5.75 Å². The Balaban J connectivity index is 1.95. The van der Waals surface area contributed by atoms with Crippen LogP contribution in [-0.4, -0.2) is 18.0 Å². The van der Waals surface area contributed by atoms with Crippen LogP contribution >= 0.6 is 12.2 Å². The summed E-state index contributed by atoms with van der Waals surface area (Å²) in [5.41, 5.74) is 6.00. The van der Waals surface area contributed by atoms with Crippen LogP contribution in [0.1, 0.15) is 18.4 Å². The van der Waals surface area contributed by atoms with Gasteiger partial charge in [-0.3, -0.25) is 4.79 Å². The molecule has 4 nitrogen and oxygen atoms in total. The van der Waals surface area contributed by atoms with E-state index in [1.807, 2.05) is 24.3 Å². The predicted octanol–water partition coefficient (Wildman–Crippen LogP) is 1.38. The molecule has 3 N–H and O–H groups in total. The quantitative estimate of drug-likeness (QED) is 0.789. The zero-order chi connectivity index (χ0) is 13.2. The van der Waals surface area contributed by atoms with E-state index >= 15 is 0 Å². The SMILES string of the molecule is COc1cccc(CNC(=O)C2(C(N)=S)CC2)c1. The summed E-state index contributed by atoms with van der Waals surface area (Å²) >= 11 is 4.94. The van der Waals surface area contributed by atoms with E-state index in [-0.39, 0.29) is 5.91 Å². The maximum atomic E-state index is 12.0. The number of ether oxygens (including phenoxy) is 1. The Morgan fingerprint density at radius 3 is 2.83 bits per heavy atom. The summed E-state index contributed by atoms with van der Waals surface area (Å²) in [4.78, 5) is 12.3. The second-order valence-electron chi connectivity index (χ2n) is 4.48. The van der Waals surface area contributed by atoms with Crippen LogP contribution in [0.2, 0.25) is 0 Å². The van der Waals surface area contributed by atoms with Crippen LogP contribution < -0.4 is 15.8 Å². The molecule has 1 fully saturated rings. The Morgan fingerprint density at radius 2 is 2.28 bits per heavy atom. The molecule has 1 aliphatic rings. The average molecular weight is 264 g/mol. The monoisotopic (exact) mass is 264 g/mol. The number of hydrogen-bond donors (Lipinski definition) is 2. The first-order valence-corrected chi connectivity index (χ1v) is 6.20. The van der Waals surface area contributed by atoms with Crippen molar-refractivity contribution in [3.8, 4) is 5.75 Å². The van der Waals surface area contributed by atoms with Gasteiger partial charge in [-0.05, 0) is 30.5 Å². The zero-order valence-corrected chi connectivity index (χ0v) is 11.0. The molecule has 1 aliphatic carbocycles. The number of methoxy groups -OCH3 is 1. The average Bonchev–Trinajstić information content (AvgIpc) is 3.17. The number of carbonyl (C=O) groups is 1. The molecular weight excluding hydrogens is 248 g/mol. The molecule has 18 heavy (non-hydrogen) atoms. The van der Waals surface area contributed by atoms with Gasteiger partial charge in [0, 0.05) is 6.54 Å². The van der Waals surface area contributed by atoms with Crippen molar-refractivity contribution >= 4 is 23.1 Å². The lowest BCUT2D eigenvalue weighted by Crippen LogP contribution is -2.39. The first kappa shape index (κ1) is 12.8. The van der Waals surface area contributed by atoms with Crippen molar-refractivity contribution in [1.29, 1.82) is 0 Å². The largest absolute Gasteiger partial charge is 0.497 e. The van der Waals surface area contributed by atoms with E-state index in [1.54, 1.807) is 7.11 Å². The minimum Gasteiger partial charge on any atom is -0.497 e. The second-order valence-corrected chi connectivity index (χ2v) is 4.92. The van der Waals surface area contributed by atoms with Crippen molar-refractivity contribution in [2.45, 2.75) is 19.4 Å². The fourth-order valence-electron chi connectivity index (χ4n) is 1.84. The van der Waals surface area contributed by atoms with Crippen LogP contribution in [0.15, 0.2) is 24.3 Å². The molecular formula is C13H16N2O2S. The van der Waals surface area contributed by atoms with E-state index in [0.29, 0.717) is 11.5 Å². The topological polar surface area (TPSA) is 64.3 Å². The number of carbonyl (C=O) groups excluding carboxylic acids is 1. The van der Waals surface area contributed by atoms with Crippen LogP contribution in [-0.2, 0) is 11.3 Å². The highest BCUT2D eigenvalue weighted by Gasteiger charge is 2.52. The zero-order valence-electron chi connectivity index (χ0n) is 10.2. The van der Waals surface area contributed by atoms with E-state index in [0.717, 1.165) is 24.2 Å². The molecule has 0 heterocycles. The smallest absolute Gasteiger partial charge is 0.233 e. The summed E-state index contributed by atoms with van der Waals surface area (Å²) in [6, 6.07) is 7.58. The predicted molar refractivity (Wildman–Crippen MR) is 73.3 cm³/mol. The van der Waals surface area contributed by atoms with Crippen molar-refractivity contribution < 1.29 is 9.53 Å². The summed E-state index contributed by atoms with van der Waals surface area (Å²) in [5.74, 6) is 0.704. The summed E-state index contributed by atoms with van der Waals surface area (Å²) in [5, 5.41) is 2.87. The number of nitrogens with two attached hydrogens (primary N) is 1. The van der Waals surface area contributed by atoms with Gasteiger partial charge >= 0.3 is 0 Å². The number of thiocarbonyl (C=S) groups is 1. The molecule has 0 saturated heterocycles. The highest BCUT2D eigenvalue weighted by atomic mass is 32.1. The van der Waals surface area contributed by atoms with Crippen LogP contribution in [0.3, 0.4) is 0 Å².